The number of rotatable bonds is 4. The second-order valence-electron chi connectivity index (χ2n) is 6.30. The van der Waals surface area contributed by atoms with Crippen molar-refractivity contribution in [3.05, 3.63) is 35.9 Å². The van der Waals surface area contributed by atoms with Crippen molar-refractivity contribution < 1.29 is 29.3 Å². The van der Waals surface area contributed by atoms with E-state index in [-0.39, 0.29) is 18.4 Å². The maximum Gasteiger partial charge on any atom is 0.337 e. The summed E-state index contributed by atoms with van der Waals surface area (Å²) in [5.74, 6) is -0.790. The first-order valence-electron chi connectivity index (χ1n) is 8.02. The normalized spacial score (nSPS) is 36.3. The number of aliphatic hydroxyl groups is 2. The molecule has 0 unspecified atom stereocenters. The first-order chi connectivity index (χ1) is 11.5. The fraction of sp³-hybridized carbons (Fsp3) is 0.588. The largest absolute Gasteiger partial charge is 0.467 e. The summed E-state index contributed by atoms with van der Waals surface area (Å²) in [5, 5.41) is 22.1. The van der Waals surface area contributed by atoms with E-state index in [2.05, 4.69) is 0 Å². The van der Waals surface area contributed by atoms with E-state index in [9.17, 15) is 15.0 Å². The summed E-state index contributed by atoms with van der Waals surface area (Å²) >= 11 is 0. The molecule has 0 amide bonds. The molecule has 132 valence electrons. The summed E-state index contributed by atoms with van der Waals surface area (Å²) in [6.45, 7) is 0.301. The van der Waals surface area contributed by atoms with Gasteiger partial charge in [-0.25, -0.2) is 4.79 Å². The van der Waals surface area contributed by atoms with Crippen LogP contribution in [-0.2, 0) is 25.7 Å². The Kier molecular flexibility index (Phi) is 5.17. The lowest BCUT2D eigenvalue weighted by Gasteiger charge is -2.41. The van der Waals surface area contributed by atoms with Crippen LogP contribution >= 0.6 is 0 Å². The number of hydrogen-bond donors (Lipinski definition) is 2. The molecule has 1 aromatic rings. The highest BCUT2D eigenvalue weighted by molar-refractivity contribution is 5.75. The smallest absolute Gasteiger partial charge is 0.337 e. The van der Waals surface area contributed by atoms with E-state index in [4.69, 9.17) is 14.3 Å². The Hall–Kier alpha value is -1.51. The molecule has 7 nitrogen and oxygen atoms in total. The zero-order chi connectivity index (χ0) is 17.3. The van der Waals surface area contributed by atoms with Crippen molar-refractivity contribution in [2.75, 3.05) is 14.2 Å². The van der Waals surface area contributed by atoms with Crippen LogP contribution in [0.5, 0.6) is 0 Å². The summed E-state index contributed by atoms with van der Waals surface area (Å²) < 4.78 is 10.7. The lowest BCUT2D eigenvalue weighted by molar-refractivity contribution is -0.198. The molecule has 1 saturated carbocycles. The molecule has 1 aliphatic heterocycles. The van der Waals surface area contributed by atoms with Gasteiger partial charge in [-0.05, 0) is 12.0 Å². The SMILES string of the molecule is COC(=O)[C@H]1ON(C)[C@H]2[C@@H]1C[C@@H](O)[C@H](O)[C@@H]2OCc1ccccc1. The third-order valence-electron chi connectivity index (χ3n) is 4.83. The van der Waals surface area contributed by atoms with Gasteiger partial charge in [-0.2, -0.15) is 5.06 Å². The average Bonchev–Trinajstić information content (AvgIpc) is 2.92. The van der Waals surface area contributed by atoms with Crippen molar-refractivity contribution in [2.24, 2.45) is 5.92 Å². The van der Waals surface area contributed by atoms with Crippen LogP contribution < -0.4 is 0 Å². The third-order valence-corrected chi connectivity index (χ3v) is 4.83. The molecule has 6 atom stereocenters. The van der Waals surface area contributed by atoms with Gasteiger partial charge in [-0.15, -0.1) is 0 Å². The topological polar surface area (TPSA) is 88.5 Å². The molecular weight excluding hydrogens is 314 g/mol. The Morgan fingerprint density at radius 3 is 2.71 bits per heavy atom. The molecule has 24 heavy (non-hydrogen) atoms. The Balaban J connectivity index is 1.77. The predicted molar refractivity (Wildman–Crippen MR) is 83.6 cm³/mol. The third kappa shape index (κ3) is 3.18. The van der Waals surface area contributed by atoms with Crippen LogP contribution in [-0.4, -0.2) is 65.9 Å². The fourth-order valence-electron chi connectivity index (χ4n) is 3.63. The van der Waals surface area contributed by atoms with E-state index in [0.717, 1.165) is 5.56 Å². The monoisotopic (exact) mass is 337 g/mol. The number of ether oxygens (including phenoxy) is 2. The summed E-state index contributed by atoms with van der Waals surface area (Å²) in [5.41, 5.74) is 0.965. The van der Waals surface area contributed by atoms with Crippen LogP contribution in [0.1, 0.15) is 12.0 Å². The van der Waals surface area contributed by atoms with E-state index in [0.29, 0.717) is 6.61 Å². The van der Waals surface area contributed by atoms with Crippen molar-refractivity contribution in [1.29, 1.82) is 0 Å². The zero-order valence-corrected chi connectivity index (χ0v) is 13.7. The standard InChI is InChI=1S/C17H23NO6/c1-18-13-11(15(24-18)17(21)22-2)8-12(19)14(20)16(13)23-9-10-6-4-3-5-7-10/h3-7,11-16,19-20H,8-9H2,1-2H3/t11-,12+,13-,14-,15-,16+/m0/s1. The Morgan fingerprint density at radius 1 is 1.33 bits per heavy atom. The van der Waals surface area contributed by atoms with Crippen LogP contribution in [0.4, 0.5) is 0 Å². The molecule has 0 aromatic heterocycles. The number of benzene rings is 1. The van der Waals surface area contributed by atoms with Crippen molar-refractivity contribution in [3.63, 3.8) is 0 Å². The highest BCUT2D eigenvalue weighted by atomic mass is 16.7. The number of esters is 1. The van der Waals surface area contributed by atoms with Gasteiger partial charge in [-0.1, -0.05) is 30.3 Å². The number of methoxy groups -OCH3 is 1. The molecule has 0 bridgehead atoms. The molecule has 0 spiro atoms. The number of hydrogen-bond acceptors (Lipinski definition) is 7. The van der Waals surface area contributed by atoms with Crippen molar-refractivity contribution >= 4 is 5.97 Å². The summed E-state index contributed by atoms with van der Waals surface area (Å²) in [4.78, 5) is 17.5. The van der Waals surface area contributed by atoms with E-state index in [1.54, 1.807) is 7.05 Å². The van der Waals surface area contributed by atoms with Crippen LogP contribution in [0, 0.1) is 5.92 Å². The van der Waals surface area contributed by atoms with Crippen molar-refractivity contribution in [3.8, 4) is 0 Å². The summed E-state index contributed by atoms with van der Waals surface area (Å²) in [7, 11) is 3.00. The summed E-state index contributed by atoms with van der Waals surface area (Å²) in [6.07, 6.45) is -3.23. The van der Waals surface area contributed by atoms with Gasteiger partial charge in [0.2, 0.25) is 0 Å². The highest BCUT2D eigenvalue weighted by Gasteiger charge is 2.56. The second kappa shape index (κ2) is 7.16. The van der Waals surface area contributed by atoms with E-state index >= 15 is 0 Å². The minimum absolute atomic E-state index is 0.251. The maximum absolute atomic E-state index is 11.9. The summed E-state index contributed by atoms with van der Waals surface area (Å²) in [6, 6.07) is 9.25. The van der Waals surface area contributed by atoms with Crippen LogP contribution in [0.25, 0.3) is 0 Å². The lowest BCUT2D eigenvalue weighted by Crippen LogP contribution is -2.58. The van der Waals surface area contributed by atoms with Gasteiger partial charge in [0.05, 0.1) is 25.9 Å². The molecule has 3 rings (SSSR count). The molecule has 0 radical (unpaired) electrons. The van der Waals surface area contributed by atoms with E-state index in [1.165, 1.54) is 12.2 Å². The Morgan fingerprint density at radius 2 is 2.04 bits per heavy atom. The van der Waals surface area contributed by atoms with Gasteiger partial charge in [0.15, 0.2) is 6.10 Å². The predicted octanol–water partition coefficient (Wildman–Crippen LogP) is 0.101. The Bertz CT molecular complexity index is 567. The number of aliphatic hydroxyl groups excluding tert-OH is 2. The Labute approximate surface area is 140 Å². The molecule has 2 N–H and O–H groups in total. The fourth-order valence-corrected chi connectivity index (χ4v) is 3.63. The lowest BCUT2D eigenvalue weighted by atomic mass is 9.77. The maximum atomic E-state index is 11.9. The molecule has 1 saturated heterocycles. The van der Waals surface area contributed by atoms with E-state index in [1.807, 2.05) is 30.3 Å². The van der Waals surface area contributed by atoms with Crippen LogP contribution in [0.2, 0.25) is 0 Å². The minimum Gasteiger partial charge on any atom is -0.467 e. The second-order valence-corrected chi connectivity index (χ2v) is 6.30. The van der Waals surface area contributed by atoms with Crippen molar-refractivity contribution in [2.45, 2.75) is 43.5 Å². The number of carbonyl (C=O) groups excluding carboxylic acids is 1. The first-order valence-corrected chi connectivity index (χ1v) is 8.02. The number of nitrogens with zero attached hydrogens (tertiary/aromatic N) is 1. The van der Waals surface area contributed by atoms with Crippen LogP contribution in [0.15, 0.2) is 30.3 Å². The zero-order valence-electron chi connectivity index (χ0n) is 13.7. The number of fused-ring (bicyclic) bond motifs is 1. The molecular formula is C17H23NO6. The number of carbonyl (C=O) groups is 1. The van der Waals surface area contributed by atoms with Crippen LogP contribution in [0.3, 0.4) is 0 Å². The number of hydroxylamine groups is 2. The minimum atomic E-state index is -1.04. The van der Waals surface area contributed by atoms with E-state index < -0.39 is 30.4 Å². The average molecular weight is 337 g/mol. The molecule has 2 fully saturated rings. The molecule has 7 heteroatoms. The molecule has 1 aliphatic carbocycles. The van der Waals surface area contributed by atoms with Gasteiger partial charge in [-0.3, -0.25) is 4.84 Å². The number of likely N-dealkylation sites (N-methyl/N-ethyl adjacent to an activating group) is 1. The van der Waals surface area contributed by atoms with Gasteiger partial charge in [0.25, 0.3) is 0 Å². The van der Waals surface area contributed by atoms with Crippen molar-refractivity contribution in [1.82, 2.24) is 5.06 Å². The molecule has 1 aromatic carbocycles. The first kappa shape index (κ1) is 17.3. The molecule has 2 aliphatic rings. The quantitative estimate of drug-likeness (QED) is 0.754. The van der Waals surface area contributed by atoms with Gasteiger partial charge < -0.3 is 19.7 Å². The highest BCUT2D eigenvalue weighted by Crippen LogP contribution is 2.39. The van der Waals surface area contributed by atoms with Gasteiger partial charge >= 0.3 is 5.97 Å². The van der Waals surface area contributed by atoms with Gasteiger partial charge in [0.1, 0.15) is 12.2 Å². The van der Waals surface area contributed by atoms with Gasteiger partial charge in [0, 0.05) is 13.0 Å². The molecule has 1 heterocycles.